The van der Waals surface area contributed by atoms with Crippen molar-refractivity contribution in [2.24, 2.45) is 0 Å². The van der Waals surface area contributed by atoms with Crippen molar-refractivity contribution in [3.63, 3.8) is 0 Å². The summed E-state index contributed by atoms with van der Waals surface area (Å²) in [6.07, 6.45) is 2.56. The van der Waals surface area contributed by atoms with Crippen molar-refractivity contribution in [1.82, 2.24) is 10.3 Å². The molecule has 1 N–H and O–H groups in total. The Bertz CT molecular complexity index is 619. The molecule has 1 heterocycles. The van der Waals surface area contributed by atoms with Crippen LogP contribution in [0.5, 0.6) is 11.6 Å². The van der Waals surface area contributed by atoms with Crippen molar-refractivity contribution < 1.29 is 9.13 Å². The molecule has 21 heavy (non-hydrogen) atoms. The van der Waals surface area contributed by atoms with Crippen LogP contribution in [-0.2, 0) is 6.54 Å². The second-order valence-electron chi connectivity index (χ2n) is 4.83. The highest BCUT2D eigenvalue weighted by Crippen LogP contribution is 2.26. The molecule has 2 rings (SSSR count). The number of halogens is 2. The van der Waals surface area contributed by atoms with Crippen LogP contribution in [0.15, 0.2) is 30.5 Å². The van der Waals surface area contributed by atoms with Crippen molar-refractivity contribution in [2.45, 2.75) is 26.8 Å². The Kier molecular flexibility index (Phi) is 5.53. The van der Waals surface area contributed by atoms with Crippen LogP contribution in [0.4, 0.5) is 4.39 Å². The lowest BCUT2D eigenvalue weighted by Crippen LogP contribution is -2.14. The highest BCUT2D eigenvalue weighted by Gasteiger charge is 2.08. The molecule has 3 nitrogen and oxygen atoms in total. The lowest BCUT2D eigenvalue weighted by molar-refractivity contribution is 0.426. The molecule has 0 spiro atoms. The summed E-state index contributed by atoms with van der Waals surface area (Å²) >= 11 is 6.10. The smallest absolute Gasteiger partial charge is 0.219 e. The molecule has 112 valence electrons. The lowest BCUT2D eigenvalue weighted by Gasteiger charge is -2.10. The number of nitrogens with one attached hydrogen (secondary N) is 1. The maximum absolute atomic E-state index is 13.7. The van der Waals surface area contributed by atoms with Gasteiger partial charge in [0.15, 0.2) is 11.6 Å². The van der Waals surface area contributed by atoms with Gasteiger partial charge in [0.2, 0.25) is 5.88 Å². The third-order valence-electron chi connectivity index (χ3n) is 2.95. The number of pyridine rings is 1. The van der Waals surface area contributed by atoms with Crippen LogP contribution in [0.1, 0.15) is 24.5 Å². The van der Waals surface area contributed by atoms with Gasteiger partial charge in [-0.15, -0.1) is 0 Å². The summed E-state index contributed by atoms with van der Waals surface area (Å²) in [4.78, 5) is 4.08. The Morgan fingerprint density at radius 1 is 1.33 bits per heavy atom. The first kappa shape index (κ1) is 15.7. The molecule has 5 heteroatoms. The third-order valence-corrected chi connectivity index (χ3v) is 3.29. The van der Waals surface area contributed by atoms with Crippen molar-refractivity contribution >= 4 is 11.6 Å². The minimum atomic E-state index is -0.414. The van der Waals surface area contributed by atoms with Gasteiger partial charge in [0.1, 0.15) is 0 Å². The van der Waals surface area contributed by atoms with Crippen LogP contribution in [0.25, 0.3) is 0 Å². The number of rotatable bonds is 6. The Hall–Kier alpha value is -1.65. The average molecular weight is 309 g/mol. The second-order valence-corrected chi connectivity index (χ2v) is 5.23. The molecular formula is C16H18ClFN2O. The molecule has 0 atom stereocenters. The standard InChI is InChI=1S/C16H18ClFN2O/c1-3-6-19-9-12-8-16(20-10-13(12)17)21-15-7-11(2)4-5-14(15)18/h4-5,7-8,10,19H,3,6,9H2,1-2H3. The molecule has 0 aliphatic heterocycles. The number of ether oxygens (including phenoxy) is 1. The molecular weight excluding hydrogens is 291 g/mol. The first-order valence-corrected chi connectivity index (χ1v) is 7.27. The molecule has 2 aromatic rings. The second kappa shape index (κ2) is 7.38. The molecule has 1 aromatic carbocycles. The van der Waals surface area contributed by atoms with Gasteiger partial charge in [-0.25, -0.2) is 9.37 Å². The van der Waals surface area contributed by atoms with Gasteiger partial charge >= 0.3 is 0 Å². The Morgan fingerprint density at radius 3 is 2.90 bits per heavy atom. The number of aromatic nitrogens is 1. The van der Waals surface area contributed by atoms with Gasteiger partial charge in [0.25, 0.3) is 0 Å². The van der Waals surface area contributed by atoms with E-state index in [1.807, 2.05) is 6.92 Å². The number of hydrogen-bond donors (Lipinski definition) is 1. The van der Waals surface area contributed by atoms with Crippen LogP contribution in [0, 0.1) is 12.7 Å². The van der Waals surface area contributed by atoms with Crippen molar-refractivity contribution in [3.05, 3.63) is 52.4 Å². The van der Waals surface area contributed by atoms with E-state index < -0.39 is 5.82 Å². The molecule has 0 amide bonds. The summed E-state index contributed by atoms with van der Waals surface area (Å²) in [7, 11) is 0. The van der Waals surface area contributed by atoms with Crippen molar-refractivity contribution in [2.75, 3.05) is 6.54 Å². The van der Waals surface area contributed by atoms with E-state index in [9.17, 15) is 4.39 Å². The first-order chi connectivity index (χ1) is 10.1. The fourth-order valence-electron chi connectivity index (χ4n) is 1.85. The maximum atomic E-state index is 13.7. The maximum Gasteiger partial charge on any atom is 0.219 e. The largest absolute Gasteiger partial charge is 0.436 e. The minimum absolute atomic E-state index is 0.164. The monoisotopic (exact) mass is 308 g/mol. The van der Waals surface area contributed by atoms with Gasteiger partial charge in [-0.05, 0) is 43.1 Å². The zero-order valence-electron chi connectivity index (χ0n) is 12.1. The van der Waals surface area contributed by atoms with E-state index >= 15 is 0 Å². The van der Waals surface area contributed by atoms with Crippen LogP contribution >= 0.6 is 11.6 Å². The third kappa shape index (κ3) is 4.41. The number of benzene rings is 1. The summed E-state index contributed by atoms with van der Waals surface area (Å²) in [5.74, 6) is 0.0810. The summed E-state index contributed by atoms with van der Waals surface area (Å²) in [6, 6.07) is 6.44. The molecule has 0 unspecified atom stereocenters. The first-order valence-electron chi connectivity index (χ1n) is 6.89. The van der Waals surface area contributed by atoms with Gasteiger partial charge < -0.3 is 10.1 Å². The fourth-order valence-corrected chi connectivity index (χ4v) is 2.02. The zero-order valence-corrected chi connectivity index (χ0v) is 12.9. The minimum Gasteiger partial charge on any atom is -0.436 e. The van der Waals surface area contributed by atoms with Crippen molar-refractivity contribution in [1.29, 1.82) is 0 Å². The van der Waals surface area contributed by atoms with Gasteiger partial charge in [-0.2, -0.15) is 0 Å². The van der Waals surface area contributed by atoms with Gasteiger partial charge in [0.05, 0.1) is 5.02 Å². The van der Waals surface area contributed by atoms with E-state index in [0.29, 0.717) is 17.4 Å². The Labute approximate surface area is 129 Å². The molecule has 0 bridgehead atoms. The predicted octanol–water partition coefficient (Wildman–Crippen LogP) is 4.47. The van der Waals surface area contributed by atoms with Gasteiger partial charge in [-0.1, -0.05) is 24.6 Å². The van der Waals surface area contributed by atoms with Gasteiger partial charge in [-0.3, -0.25) is 0 Å². The topological polar surface area (TPSA) is 34.1 Å². The number of hydrogen-bond acceptors (Lipinski definition) is 3. The Morgan fingerprint density at radius 2 is 2.14 bits per heavy atom. The van der Waals surface area contributed by atoms with Crippen LogP contribution < -0.4 is 10.1 Å². The van der Waals surface area contributed by atoms with Gasteiger partial charge in [0, 0.05) is 18.8 Å². The van der Waals surface area contributed by atoms with E-state index in [2.05, 4.69) is 17.2 Å². The van der Waals surface area contributed by atoms with E-state index in [1.165, 1.54) is 12.3 Å². The molecule has 0 saturated heterocycles. The summed E-state index contributed by atoms with van der Waals surface area (Å²) < 4.78 is 19.2. The summed E-state index contributed by atoms with van der Waals surface area (Å²) in [5.41, 5.74) is 1.80. The van der Waals surface area contributed by atoms with E-state index in [1.54, 1.807) is 18.2 Å². The normalized spacial score (nSPS) is 10.7. The van der Waals surface area contributed by atoms with Crippen LogP contribution in [-0.4, -0.2) is 11.5 Å². The molecule has 0 saturated carbocycles. The predicted molar refractivity (Wildman–Crippen MR) is 82.5 cm³/mol. The molecule has 0 fully saturated rings. The molecule has 0 radical (unpaired) electrons. The van der Waals surface area contributed by atoms with Crippen LogP contribution in [0.3, 0.4) is 0 Å². The zero-order chi connectivity index (χ0) is 15.2. The van der Waals surface area contributed by atoms with E-state index in [0.717, 1.165) is 24.1 Å². The lowest BCUT2D eigenvalue weighted by atomic mass is 10.2. The van der Waals surface area contributed by atoms with E-state index in [-0.39, 0.29) is 5.75 Å². The molecule has 1 aromatic heterocycles. The fraction of sp³-hybridized carbons (Fsp3) is 0.312. The highest BCUT2D eigenvalue weighted by atomic mass is 35.5. The average Bonchev–Trinajstić information content (AvgIpc) is 2.46. The summed E-state index contributed by atoms with van der Waals surface area (Å²) in [6.45, 7) is 5.50. The molecule has 0 aliphatic rings. The molecule has 0 aliphatic carbocycles. The van der Waals surface area contributed by atoms with E-state index in [4.69, 9.17) is 16.3 Å². The number of aryl methyl sites for hydroxylation is 1. The SMILES string of the molecule is CCCNCc1cc(Oc2cc(C)ccc2F)ncc1Cl. The quantitative estimate of drug-likeness (QED) is 0.799. The van der Waals surface area contributed by atoms with Crippen molar-refractivity contribution in [3.8, 4) is 11.6 Å². The highest BCUT2D eigenvalue weighted by molar-refractivity contribution is 6.31. The number of nitrogens with zero attached hydrogens (tertiary/aromatic N) is 1. The van der Waals surface area contributed by atoms with Crippen LogP contribution in [0.2, 0.25) is 5.02 Å². The summed E-state index contributed by atoms with van der Waals surface area (Å²) in [5, 5.41) is 3.83. The Balaban J connectivity index is 2.16.